The number of rotatable bonds is 3. The monoisotopic (exact) mass is 186 g/mol. The Labute approximate surface area is 78.9 Å². The van der Waals surface area contributed by atoms with Crippen LogP contribution in [0.5, 0.6) is 0 Å². The van der Waals surface area contributed by atoms with Gasteiger partial charge in [0.2, 0.25) is 0 Å². The average Bonchev–Trinajstić information content (AvgIpc) is 2.26. The molecule has 1 aliphatic heterocycles. The van der Waals surface area contributed by atoms with E-state index in [1.165, 1.54) is 0 Å². The number of nitrogens with one attached hydrogen (secondary N) is 1. The lowest BCUT2D eigenvalue weighted by molar-refractivity contribution is -0.137. The van der Waals surface area contributed by atoms with Crippen LogP contribution in [-0.4, -0.2) is 48.2 Å². The zero-order valence-electron chi connectivity index (χ0n) is 8.12. The van der Waals surface area contributed by atoms with E-state index in [0.29, 0.717) is 12.6 Å². The van der Waals surface area contributed by atoms with Gasteiger partial charge in [0, 0.05) is 19.1 Å². The maximum Gasteiger partial charge on any atom is 0.304 e. The Morgan fingerprint density at radius 1 is 1.69 bits per heavy atom. The molecule has 4 heteroatoms. The van der Waals surface area contributed by atoms with Gasteiger partial charge in [-0.3, -0.25) is 4.79 Å². The van der Waals surface area contributed by atoms with Crippen molar-refractivity contribution in [3.05, 3.63) is 0 Å². The second kappa shape index (κ2) is 5.19. The molecule has 1 heterocycles. The van der Waals surface area contributed by atoms with Crippen molar-refractivity contribution in [2.24, 2.45) is 0 Å². The number of carboxylic acids is 1. The number of aliphatic carboxylic acids is 1. The molecular formula is C9H18N2O2. The summed E-state index contributed by atoms with van der Waals surface area (Å²) in [5, 5.41) is 11.9. The molecule has 1 fully saturated rings. The molecule has 1 unspecified atom stereocenters. The molecule has 13 heavy (non-hydrogen) atoms. The number of nitrogens with zero attached hydrogens (tertiary/aromatic N) is 1. The van der Waals surface area contributed by atoms with Crippen molar-refractivity contribution in [2.45, 2.75) is 25.8 Å². The lowest BCUT2D eigenvalue weighted by Gasteiger charge is -2.20. The second-order valence-electron chi connectivity index (χ2n) is 3.65. The maximum atomic E-state index is 10.4. The van der Waals surface area contributed by atoms with E-state index in [2.05, 4.69) is 17.1 Å². The minimum atomic E-state index is -0.704. The van der Waals surface area contributed by atoms with Gasteiger partial charge in [0.05, 0.1) is 6.42 Å². The summed E-state index contributed by atoms with van der Waals surface area (Å²) < 4.78 is 0. The van der Waals surface area contributed by atoms with E-state index in [1.807, 2.05) is 0 Å². The third kappa shape index (κ3) is 4.24. The van der Waals surface area contributed by atoms with Crippen LogP contribution in [0.4, 0.5) is 0 Å². The molecule has 0 aromatic rings. The van der Waals surface area contributed by atoms with Crippen molar-refractivity contribution in [3.8, 4) is 0 Å². The normalized spacial score (nSPS) is 25.5. The van der Waals surface area contributed by atoms with E-state index < -0.39 is 5.97 Å². The Morgan fingerprint density at radius 3 is 3.15 bits per heavy atom. The van der Waals surface area contributed by atoms with Gasteiger partial charge in [-0.2, -0.15) is 0 Å². The van der Waals surface area contributed by atoms with Crippen LogP contribution in [0.25, 0.3) is 0 Å². The molecule has 0 aromatic carbocycles. The second-order valence-corrected chi connectivity index (χ2v) is 3.65. The average molecular weight is 186 g/mol. The van der Waals surface area contributed by atoms with Gasteiger partial charge in [-0.25, -0.2) is 0 Å². The molecular weight excluding hydrogens is 168 g/mol. The smallest absolute Gasteiger partial charge is 0.304 e. The van der Waals surface area contributed by atoms with Crippen LogP contribution in [0.15, 0.2) is 0 Å². The molecule has 0 spiro atoms. The van der Waals surface area contributed by atoms with Crippen molar-refractivity contribution in [2.75, 3.05) is 26.2 Å². The van der Waals surface area contributed by atoms with Crippen molar-refractivity contribution in [1.29, 1.82) is 0 Å². The van der Waals surface area contributed by atoms with Gasteiger partial charge in [0.15, 0.2) is 0 Å². The van der Waals surface area contributed by atoms with Gasteiger partial charge in [-0.15, -0.1) is 0 Å². The number of hydrogen-bond donors (Lipinski definition) is 2. The summed E-state index contributed by atoms with van der Waals surface area (Å²) in [6, 6.07) is 0.483. The molecule has 1 aliphatic rings. The van der Waals surface area contributed by atoms with Crippen LogP contribution >= 0.6 is 0 Å². The molecule has 76 valence electrons. The fourth-order valence-electron chi connectivity index (χ4n) is 1.65. The third-order valence-electron chi connectivity index (χ3n) is 2.32. The molecule has 0 bridgehead atoms. The molecule has 0 amide bonds. The molecule has 0 aliphatic carbocycles. The minimum Gasteiger partial charge on any atom is -0.481 e. The Kier molecular flexibility index (Phi) is 4.18. The minimum absolute atomic E-state index is 0.257. The lowest BCUT2D eigenvalue weighted by atomic mass is 10.3. The molecule has 0 saturated carbocycles. The highest BCUT2D eigenvalue weighted by molar-refractivity contribution is 5.66. The highest BCUT2D eigenvalue weighted by Crippen LogP contribution is 2.00. The largest absolute Gasteiger partial charge is 0.481 e. The van der Waals surface area contributed by atoms with E-state index in [-0.39, 0.29) is 6.42 Å². The molecule has 0 radical (unpaired) electrons. The fraction of sp³-hybridized carbons (Fsp3) is 0.889. The fourth-order valence-corrected chi connectivity index (χ4v) is 1.65. The molecule has 0 aromatic heterocycles. The Morgan fingerprint density at radius 2 is 2.46 bits per heavy atom. The first-order valence-corrected chi connectivity index (χ1v) is 4.86. The zero-order chi connectivity index (χ0) is 9.68. The summed E-state index contributed by atoms with van der Waals surface area (Å²) in [5.74, 6) is -0.704. The highest BCUT2D eigenvalue weighted by atomic mass is 16.4. The van der Waals surface area contributed by atoms with Crippen LogP contribution in [0, 0.1) is 0 Å². The summed E-state index contributed by atoms with van der Waals surface area (Å²) >= 11 is 0. The van der Waals surface area contributed by atoms with E-state index >= 15 is 0 Å². The number of carboxylic acid groups (broad SMARTS) is 1. The Balaban J connectivity index is 2.26. The van der Waals surface area contributed by atoms with Crippen LogP contribution in [0.1, 0.15) is 19.8 Å². The van der Waals surface area contributed by atoms with Crippen molar-refractivity contribution >= 4 is 5.97 Å². The number of carbonyl (C=O) groups is 1. The van der Waals surface area contributed by atoms with E-state index in [4.69, 9.17) is 5.11 Å². The summed E-state index contributed by atoms with van der Waals surface area (Å²) in [6.07, 6.45) is 1.37. The topological polar surface area (TPSA) is 52.6 Å². The summed E-state index contributed by atoms with van der Waals surface area (Å²) in [6.45, 7) is 5.85. The zero-order valence-corrected chi connectivity index (χ0v) is 8.12. The first-order valence-electron chi connectivity index (χ1n) is 4.86. The number of hydrogen-bond acceptors (Lipinski definition) is 3. The van der Waals surface area contributed by atoms with Crippen molar-refractivity contribution < 1.29 is 9.90 Å². The standard InChI is InChI=1S/C9H18N2O2/c1-8-7-11(5-2-4-10-8)6-3-9(12)13/h8,10H,2-7H2,1H3,(H,12,13). The quantitative estimate of drug-likeness (QED) is 0.658. The van der Waals surface area contributed by atoms with Gasteiger partial charge in [0.1, 0.15) is 0 Å². The highest BCUT2D eigenvalue weighted by Gasteiger charge is 2.14. The maximum absolute atomic E-state index is 10.4. The summed E-state index contributed by atoms with van der Waals surface area (Å²) in [4.78, 5) is 12.6. The summed E-state index contributed by atoms with van der Waals surface area (Å²) in [5.41, 5.74) is 0. The molecule has 4 nitrogen and oxygen atoms in total. The Hall–Kier alpha value is -0.610. The Bertz CT molecular complexity index is 173. The predicted molar refractivity (Wildman–Crippen MR) is 50.8 cm³/mol. The van der Waals surface area contributed by atoms with E-state index in [9.17, 15) is 4.79 Å². The summed E-state index contributed by atoms with van der Waals surface area (Å²) in [7, 11) is 0. The van der Waals surface area contributed by atoms with Gasteiger partial charge < -0.3 is 15.3 Å². The van der Waals surface area contributed by atoms with Gasteiger partial charge in [-0.05, 0) is 26.4 Å². The molecule has 2 N–H and O–H groups in total. The molecule has 1 rings (SSSR count). The predicted octanol–water partition coefficient (Wildman–Crippen LogP) is 0.145. The van der Waals surface area contributed by atoms with Gasteiger partial charge in [-0.1, -0.05) is 0 Å². The van der Waals surface area contributed by atoms with Gasteiger partial charge >= 0.3 is 5.97 Å². The van der Waals surface area contributed by atoms with Crippen LogP contribution in [0.2, 0.25) is 0 Å². The van der Waals surface area contributed by atoms with Crippen LogP contribution < -0.4 is 5.32 Å². The SMILES string of the molecule is CC1CN(CCC(=O)O)CCCN1. The van der Waals surface area contributed by atoms with Crippen molar-refractivity contribution in [3.63, 3.8) is 0 Å². The van der Waals surface area contributed by atoms with Crippen LogP contribution in [0.3, 0.4) is 0 Å². The van der Waals surface area contributed by atoms with Crippen molar-refractivity contribution in [1.82, 2.24) is 10.2 Å². The first kappa shape index (κ1) is 10.5. The third-order valence-corrected chi connectivity index (χ3v) is 2.32. The molecule has 1 saturated heterocycles. The van der Waals surface area contributed by atoms with E-state index in [1.54, 1.807) is 0 Å². The van der Waals surface area contributed by atoms with E-state index in [0.717, 1.165) is 26.1 Å². The first-order chi connectivity index (χ1) is 6.18. The van der Waals surface area contributed by atoms with Gasteiger partial charge in [0.25, 0.3) is 0 Å². The molecule has 1 atom stereocenters. The van der Waals surface area contributed by atoms with Crippen LogP contribution in [-0.2, 0) is 4.79 Å². The lowest BCUT2D eigenvalue weighted by Crippen LogP contribution is -2.36.